The highest BCUT2D eigenvalue weighted by atomic mass is 32.2. The predicted octanol–water partition coefficient (Wildman–Crippen LogP) is 3.49. The summed E-state index contributed by atoms with van der Waals surface area (Å²) >= 11 is 1.59. The molecule has 0 saturated carbocycles. The molecule has 1 fully saturated rings. The van der Waals surface area contributed by atoms with Crippen molar-refractivity contribution >= 4 is 17.7 Å². The molecule has 0 aliphatic carbocycles. The van der Waals surface area contributed by atoms with E-state index in [1.54, 1.807) is 33.1 Å². The molecule has 132 valence electrons. The van der Waals surface area contributed by atoms with Crippen LogP contribution in [-0.4, -0.2) is 37.9 Å². The molecule has 0 aromatic heterocycles. The van der Waals surface area contributed by atoms with E-state index in [2.05, 4.69) is 0 Å². The third kappa shape index (κ3) is 3.39. The molecule has 6 heteroatoms. The van der Waals surface area contributed by atoms with Gasteiger partial charge in [-0.3, -0.25) is 4.79 Å². The molecule has 1 unspecified atom stereocenters. The molecule has 1 saturated heterocycles. The van der Waals surface area contributed by atoms with E-state index in [4.69, 9.17) is 14.2 Å². The molecule has 1 aliphatic rings. The predicted molar refractivity (Wildman–Crippen MR) is 98.3 cm³/mol. The molecule has 3 rings (SSSR count). The fourth-order valence-electron chi connectivity index (χ4n) is 3.01. The van der Waals surface area contributed by atoms with E-state index in [0.29, 0.717) is 23.8 Å². The van der Waals surface area contributed by atoms with Crippen LogP contribution in [-0.2, 0) is 11.3 Å². The minimum atomic E-state index is -0.123. The number of ether oxygens (including phenoxy) is 3. The summed E-state index contributed by atoms with van der Waals surface area (Å²) in [5, 5.41) is -0.123. The van der Waals surface area contributed by atoms with Crippen molar-refractivity contribution in [3.05, 3.63) is 53.6 Å². The minimum absolute atomic E-state index is 0.103. The van der Waals surface area contributed by atoms with Gasteiger partial charge in [0.15, 0.2) is 11.5 Å². The summed E-state index contributed by atoms with van der Waals surface area (Å²) in [5.41, 5.74) is 1.92. The number of nitrogens with zero attached hydrogens (tertiary/aromatic N) is 1. The Hall–Kier alpha value is -2.34. The Morgan fingerprint density at radius 1 is 1.00 bits per heavy atom. The lowest BCUT2D eigenvalue weighted by molar-refractivity contribution is -0.128. The molecule has 1 heterocycles. The maximum Gasteiger partial charge on any atom is 0.234 e. The van der Waals surface area contributed by atoms with Crippen LogP contribution in [0.4, 0.5) is 0 Å². The third-order valence-electron chi connectivity index (χ3n) is 4.20. The van der Waals surface area contributed by atoms with E-state index >= 15 is 0 Å². The summed E-state index contributed by atoms with van der Waals surface area (Å²) in [6.45, 7) is 0.487. The topological polar surface area (TPSA) is 48.0 Å². The Labute approximate surface area is 151 Å². The average molecular weight is 359 g/mol. The molecular weight excluding hydrogens is 338 g/mol. The number of thioether (sulfide) groups is 1. The highest BCUT2D eigenvalue weighted by Crippen LogP contribution is 2.46. The van der Waals surface area contributed by atoms with Crippen molar-refractivity contribution in [2.24, 2.45) is 0 Å². The van der Waals surface area contributed by atoms with Crippen molar-refractivity contribution < 1.29 is 19.0 Å². The Bertz CT molecular complexity index is 765. The number of benzene rings is 2. The summed E-state index contributed by atoms with van der Waals surface area (Å²) in [6.07, 6.45) is 0. The number of methoxy groups -OCH3 is 3. The summed E-state index contributed by atoms with van der Waals surface area (Å²) in [5.74, 6) is 2.66. The van der Waals surface area contributed by atoms with Crippen LogP contribution in [0.1, 0.15) is 16.5 Å². The molecule has 2 aromatic rings. The van der Waals surface area contributed by atoms with Crippen LogP contribution in [0.5, 0.6) is 17.2 Å². The van der Waals surface area contributed by atoms with Crippen LogP contribution >= 0.6 is 11.8 Å². The molecule has 0 N–H and O–H groups in total. The first-order chi connectivity index (χ1) is 12.2. The smallest absolute Gasteiger partial charge is 0.234 e. The van der Waals surface area contributed by atoms with Crippen LogP contribution in [0.3, 0.4) is 0 Å². The highest BCUT2D eigenvalue weighted by Gasteiger charge is 2.35. The number of para-hydroxylation sites is 2. The quantitative estimate of drug-likeness (QED) is 0.790. The van der Waals surface area contributed by atoms with Gasteiger partial charge in [-0.25, -0.2) is 0 Å². The number of amides is 1. The summed E-state index contributed by atoms with van der Waals surface area (Å²) in [7, 11) is 4.87. The standard InChI is InChI=1S/C19H21NO4S/c1-22-15-9-5-4-7-13(15)11-20-17(21)12-25-19(20)14-8-6-10-16(23-2)18(14)24-3/h4-10,19H,11-12H2,1-3H3. The van der Waals surface area contributed by atoms with Gasteiger partial charge >= 0.3 is 0 Å². The van der Waals surface area contributed by atoms with E-state index in [9.17, 15) is 4.79 Å². The molecule has 1 atom stereocenters. The van der Waals surface area contributed by atoms with Crippen molar-refractivity contribution in [1.82, 2.24) is 4.90 Å². The monoisotopic (exact) mass is 359 g/mol. The van der Waals surface area contributed by atoms with Gasteiger partial charge in [-0.2, -0.15) is 0 Å². The van der Waals surface area contributed by atoms with Crippen molar-refractivity contribution in [3.63, 3.8) is 0 Å². The highest BCUT2D eigenvalue weighted by molar-refractivity contribution is 8.00. The zero-order valence-electron chi connectivity index (χ0n) is 14.5. The number of carbonyl (C=O) groups excluding carboxylic acids is 1. The Morgan fingerprint density at radius 3 is 2.44 bits per heavy atom. The molecule has 1 amide bonds. The van der Waals surface area contributed by atoms with E-state index in [-0.39, 0.29) is 11.3 Å². The second-order valence-electron chi connectivity index (χ2n) is 5.58. The summed E-state index contributed by atoms with van der Waals surface area (Å²) < 4.78 is 16.4. The Kier molecular flexibility index (Phi) is 5.38. The third-order valence-corrected chi connectivity index (χ3v) is 5.44. The zero-order chi connectivity index (χ0) is 17.8. The molecule has 0 spiro atoms. The lowest BCUT2D eigenvalue weighted by atomic mass is 10.1. The summed E-state index contributed by atoms with van der Waals surface area (Å²) in [4.78, 5) is 14.4. The van der Waals surface area contributed by atoms with Crippen LogP contribution in [0.15, 0.2) is 42.5 Å². The molecular formula is C19H21NO4S. The molecule has 1 aliphatic heterocycles. The van der Waals surface area contributed by atoms with Gasteiger partial charge in [-0.15, -0.1) is 11.8 Å². The first-order valence-corrected chi connectivity index (χ1v) is 8.98. The first kappa shape index (κ1) is 17.5. The molecule has 2 aromatic carbocycles. The van der Waals surface area contributed by atoms with Crippen molar-refractivity contribution in [2.45, 2.75) is 11.9 Å². The number of hydrogen-bond donors (Lipinski definition) is 0. The van der Waals surface area contributed by atoms with E-state index in [0.717, 1.165) is 16.9 Å². The van der Waals surface area contributed by atoms with Crippen molar-refractivity contribution in [1.29, 1.82) is 0 Å². The Balaban J connectivity index is 1.95. The largest absolute Gasteiger partial charge is 0.496 e. The van der Waals surface area contributed by atoms with E-state index in [1.165, 1.54) is 0 Å². The van der Waals surface area contributed by atoms with Gasteiger partial charge in [0.25, 0.3) is 0 Å². The minimum Gasteiger partial charge on any atom is -0.496 e. The van der Waals surface area contributed by atoms with Gasteiger partial charge in [-0.05, 0) is 12.1 Å². The Morgan fingerprint density at radius 2 is 1.72 bits per heavy atom. The lowest BCUT2D eigenvalue weighted by Gasteiger charge is -2.26. The van der Waals surface area contributed by atoms with Crippen LogP contribution in [0.25, 0.3) is 0 Å². The maximum atomic E-state index is 12.5. The fraction of sp³-hybridized carbons (Fsp3) is 0.316. The number of rotatable bonds is 6. The van der Waals surface area contributed by atoms with Crippen LogP contribution < -0.4 is 14.2 Å². The number of hydrogen-bond acceptors (Lipinski definition) is 5. The second-order valence-corrected chi connectivity index (χ2v) is 6.65. The normalized spacial score (nSPS) is 16.8. The maximum absolute atomic E-state index is 12.5. The van der Waals surface area contributed by atoms with Gasteiger partial charge in [0.1, 0.15) is 11.1 Å². The van der Waals surface area contributed by atoms with Crippen LogP contribution in [0.2, 0.25) is 0 Å². The number of carbonyl (C=O) groups is 1. The SMILES string of the molecule is COc1ccccc1CN1C(=O)CSC1c1cccc(OC)c1OC. The van der Waals surface area contributed by atoms with Crippen LogP contribution in [0, 0.1) is 0 Å². The zero-order valence-corrected chi connectivity index (χ0v) is 15.3. The second kappa shape index (κ2) is 7.70. The fourth-order valence-corrected chi connectivity index (χ4v) is 4.21. The molecule has 5 nitrogen and oxygen atoms in total. The van der Waals surface area contributed by atoms with E-state index < -0.39 is 0 Å². The first-order valence-electron chi connectivity index (χ1n) is 7.93. The van der Waals surface area contributed by atoms with Gasteiger partial charge in [0, 0.05) is 11.1 Å². The van der Waals surface area contributed by atoms with Crippen molar-refractivity contribution in [2.75, 3.05) is 27.1 Å². The molecule has 25 heavy (non-hydrogen) atoms. The van der Waals surface area contributed by atoms with Gasteiger partial charge < -0.3 is 19.1 Å². The average Bonchev–Trinajstić information content (AvgIpc) is 3.01. The van der Waals surface area contributed by atoms with E-state index in [1.807, 2.05) is 47.4 Å². The van der Waals surface area contributed by atoms with Crippen molar-refractivity contribution in [3.8, 4) is 17.2 Å². The summed E-state index contributed by atoms with van der Waals surface area (Å²) in [6, 6.07) is 13.5. The lowest BCUT2D eigenvalue weighted by Crippen LogP contribution is -2.28. The van der Waals surface area contributed by atoms with Gasteiger partial charge in [0.05, 0.1) is 33.6 Å². The van der Waals surface area contributed by atoms with Gasteiger partial charge in [0.2, 0.25) is 5.91 Å². The molecule has 0 radical (unpaired) electrons. The van der Waals surface area contributed by atoms with Gasteiger partial charge in [-0.1, -0.05) is 30.3 Å². The molecule has 0 bridgehead atoms.